The fourth-order valence-electron chi connectivity index (χ4n) is 3.71. The molecule has 3 rings (SSSR count). The molecule has 0 atom stereocenters. The van der Waals surface area contributed by atoms with Crippen LogP contribution in [0, 0.1) is 0 Å². The summed E-state index contributed by atoms with van der Waals surface area (Å²) in [6, 6.07) is 12.8. The van der Waals surface area contributed by atoms with Crippen molar-refractivity contribution in [2.75, 3.05) is 40.4 Å². The van der Waals surface area contributed by atoms with Gasteiger partial charge in [-0.15, -0.1) is 0 Å². The molecule has 0 bridgehead atoms. The molecule has 1 aliphatic heterocycles. The molecule has 1 aliphatic rings. The highest BCUT2D eigenvalue weighted by Crippen LogP contribution is 2.28. The Morgan fingerprint density at radius 3 is 2.03 bits per heavy atom. The number of hydrogen-bond donors (Lipinski definition) is 1. The van der Waals surface area contributed by atoms with Crippen LogP contribution >= 0.6 is 0 Å². The van der Waals surface area contributed by atoms with Gasteiger partial charge in [0.2, 0.25) is 0 Å². The van der Waals surface area contributed by atoms with E-state index >= 15 is 0 Å². The first-order chi connectivity index (χ1) is 15.2. The number of carbonyl (C=O) groups excluding carboxylic acids is 2. The molecular formula is C25H33N3O4. The highest BCUT2D eigenvalue weighted by atomic mass is 16.5. The summed E-state index contributed by atoms with van der Waals surface area (Å²) in [5, 5.41) is 2.93. The van der Waals surface area contributed by atoms with Crippen LogP contribution in [0.1, 0.15) is 47.1 Å². The van der Waals surface area contributed by atoms with Gasteiger partial charge in [0.05, 0.1) is 14.2 Å². The Hall–Kier alpha value is -3.06. The summed E-state index contributed by atoms with van der Waals surface area (Å²) in [6.07, 6.45) is 0. The van der Waals surface area contributed by atoms with Gasteiger partial charge in [0.25, 0.3) is 11.8 Å². The molecule has 0 saturated carbocycles. The maximum Gasteiger partial charge on any atom is 0.253 e. The van der Waals surface area contributed by atoms with Gasteiger partial charge in [-0.25, -0.2) is 0 Å². The molecule has 1 heterocycles. The summed E-state index contributed by atoms with van der Waals surface area (Å²) in [5.74, 6) is 1.30. The first-order valence-electron chi connectivity index (χ1n) is 10.9. The van der Waals surface area contributed by atoms with Crippen LogP contribution in [0.15, 0.2) is 42.5 Å². The van der Waals surface area contributed by atoms with Crippen molar-refractivity contribution in [3.05, 3.63) is 59.2 Å². The Morgan fingerprint density at radius 2 is 1.47 bits per heavy atom. The lowest BCUT2D eigenvalue weighted by Gasteiger charge is -2.35. The molecule has 0 unspecified atom stereocenters. The van der Waals surface area contributed by atoms with Crippen LogP contribution in [0.25, 0.3) is 0 Å². The molecule has 0 aliphatic carbocycles. The summed E-state index contributed by atoms with van der Waals surface area (Å²) >= 11 is 0. The number of benzene rings is 2. The van der Waals surface area contributed by atoms with Gasteiger partial charge in [0, 0.05) is 49.4 Å². The number of ether oxygens (including phenoxy) is 2. The minimum Gasteiger partial charge on any atom is -0.493 e. The maximum absolute atomic E-state index is 12.9. The topological polar surface area (TPSA) is 71.1 Å². The van der Waals surface area contributed by atoms with Crippen LogP contribution in [0.2, 0.25) is 0 Å². The van der Waals surface area contributed by atoms with E-state index < -0.39 is 0 Å². The third-order valence-electron chi connectivity index (χ3n) is 5.40. The molecule has 1 fully saturated rings. The maximum atomic E-state index is 12.9. The van der Waals surface area contributed by atoms with E-state index in [9.17, 15) is 9.59 Å². The minimum absolute atomic E-state index is 0.00135. The molecule has 0 radical (unpaired) electrons. The van der Waals surface area contributed by atoms with Crippen molar-refractivity contribution in [3.63, 3.8) is 0 Å². The quantitative estimate of drug-likeness (QED) is 0.749. The molecule has 172 valence electrons. The lowest BCUT2D eigenvalue weighted by molar-refractivity contribution is 0.0628. The van der Waals surface area contributed by atoms with Gasteiger partial charge in [-0.2, -0.15) is 0 Å². The Kier molecular flexibility index (Phi) is 7.40. The fraction of sp³-hybridized carbons (Fsp3) is 0.440. The van der Waals surface area contributed by atoms with E-state index in [0.29, 0.717) is 30.0 Å². The van der Waals surface area contributed by atoms with Crippen molar-refractivity contribution in [2.45, 2.75) is 32.9 Å². The molecule has 1 N–H and O–H groups in total. The minimum atomic E-state index is -0.303. The summed E-state index contributed by atoms with van der Waals surface area (Å²) in [6.45, 7) is 9.53. The van der Waals surface area contributed by atoms with E-state index in [4.69, 9.17) is 9.47 Å². The van der Waals surface area contributed by atoms with E-state index in [1.165, 1.54) is 0 Å². The second-order valence-corrected chi connectivity index (χ2v) is 9.04. The molecular weight excluding hydrogens is 406 g/mol. The van der Waals surface area contributed by atoms with Gasteiger partial charge in [-0.3, -0.25) is 14.5 Å². The number of nitrogens with one attached hydrogen (secondary N) is 1. The van der Waals surface area contributed by atoms with E-state index in [1.807, 2.05) is 43.9 Å². The van der Waals surface area contributed by atoms with Gasteiger partial charge in [0.15, 0.2) is 11.5 Å². The van der Waals surface area contributed by atoms with Crippen LogP contribution in [0.3, 0.4) is 0 Å². The molecule has 7 heteroatoms. The number of methoxy groups -OCH3 is 2. The van der Waals surface area contributed by atoms with E-state index in [1.54, 1.807) is 38.5 Å². The third kappa shape index (κ3) is 6.01. The SMILES string of the molecule is COc1ccc(CN2CCN(C(=O)c3ccc(C(=O)NC(C)(C)C)cc3)CC2)cc1OC. The number of rotatable bonds is 6. The molecule has 0 aromatic heterocycles. The van der Waals surface area contributed by atoms with Gasteiger partial charge >= 0.3 is 0 Å². The Bertz CT molecular complexity index is 943. The van der Waals surface area contributed by atoms with Crippen molar-refractivity contribution in [3.8, 4) is 11.5 Å². The van der Waals surface area contributed by atoms with E-state index in [-0.39, 0.29) is 17.4 Å². The van der Waals surface area contributed by atoms with Crippen molar-refractivity contribution in [2.24, 2.45) is 0 Å². The molecule has 2 amide bonds. The summed E-state index contributed by atoms with van der Waals surface area (Å²) < 4.78 is 10.7. The summed E-state index contributed by atoms with van der Waals surface area (Å²) in [7, 11) is 3.26. The van der Waals surface area contributed by atoms with Crippen molar-refractivity contribution < 1.29 is 19.1 Å². The van der Waals surface area contributed by atoms with Crippen LogP contribution in [-0.2, 0) is 6.54 Å². The van der Waals surface area contributed by atoms with E-state index in [0.717, 1.165) is 30.9 Å². The van der Waals surface area contributed by atoms with Gasteiger partial charge in [-0.1, -0.05) is 6.07 Å². The molecule has 1 saturated heterocycles. The highest BCUT2D eigenvalue weighted by molar-refractivity contribution is 5.98. The lowest BCUT2D eigenvalue weighted by atomic mass is 10.1. The van der Waals surface area contributed by atoms with Crippen molar-refractivity contribution in [1.82, 2.24) is 15.1 Å². The number of amides is 2. The number of carbonyl (C=O) groups is 2. The monoisotopic (exact) mass is 439 g/mol. The average Bonchev–Trinajstić information content (AvgIpc) is 2.78. The largest absolute Gasteiger partial charge is 0.493 e. The first-order valence-corrected chi connectivity index (χ1v) is 10.9. The smallest absolute Gasteiger partial charge is 0.253 e. The molecule has 32 heavy (non-hydrogen) atoms. The summed E-state index contributed by atoms with van der Waals surface area (Å²) in [4.78, 5) is 29.4. The summed E-state index contributed by atoms with van der Waals surface area (Å²) in [5.41, 5.74) is 2.00. The van der Waals surface area contributed by atoms with Crippen molar-refractivity contribution in [1.29, 1.82) is 0 Å². The molecule has 2 aromatic rings. The van der Waals surface area contributed by atoms with E-state index in [2.05, 4.69) is 10.2 Å². The predicted molar refractivity (Wildman–Crippen MR) is 124 cm³/mol. The average molecular weight is 440 g/mol. The predicted octanol–water partition coefficient (Wildman–Crippen LogP) is 3.19. The number of hydrogen-bond acceptors (Lipinski definition) is 5. The zero-order chi connectivity index (χ0) is 23.3. The Balaban J connectivity index is 1.55. The highest BCUT2D eigenvalue weighted by Gasteiger charge is 2.23. The Labute approximate surface area is 190 Å². The second kappa shape index (κ2) is 10.0. The van der Waals surface area contributed by atoms with Gasteiger partial charge < -0.3 is 19.7 Å². The molecule has 2 aromatic carbocycles. The lowest BCUT2D eigenvalue weighted by Crippen LogP contribution is -2.48. The third-order valence-corrected chi connectivity index (χ3v) is 5.40. The number of piperazine rings is 1. The van der Waals surface area contributed by atoms with Gasteiger partial charge in [-0.05, 0) is 62.7 Å². The Morgan fingerprint density at radius 1 is 0.875 bits per heavy atom. The van der Waals surface area contributed by atoms with Crippen LogP contribution in [-0.4, -0.2) is 67.6 Å². The van der Waals surface area contributed by atoms with Crippen LogP contribution in [0.4, 0.5) is 0 Å². The zero-order valence-corrected chi connectivity index (χ0v) is 19.6. The fourth-order valence-corrected chi connectivity index (χ4v) is 3.71. The first kappa shape index (κ1) is 23.6. The number of nitrogens with zero attached hydrogens (tertiary/aromatic N) is 2. The normalized spacial score (nSPS) is 14.7. The van der Waals surface area contributed by atoms with Crippen LogP contribution in [0.5, 0.6) is 11.5 Å². The van der Waals surface area contributed by atoms with Crippen LogP contribution < -0.4 is 14.8 Å². The van der Waals surface area contributed by atoms with Crippen molar-refractivity contribution >= 4 is 11.8 Å². The standard InChI is InChI=1S/C25H33N3O4/c1-25(2,3)26-23(29)19-7-9-20(10-8-19)24(30)28-14-12-27(13-15-28)17-18-6-11-21(31-4)22(16-18)32-5/h6-11,16H,12-15,17H2,1-5H3,(H,26,29). The molecule has 0 spiro atoms. The second-order valence-electron chi connectivity index (χ2n) is 9.04. The zero-order valence-electron chi connectivity index (χ0n) is 19.6. The molecule has 7 nitrogen and oxygen atoms in total. The van der Waals surface area contributed by atoms with Gasteiger partial charge in [0.1, 0.15) is 0 Å².